The summed E-state index contributed by atoms with van der Waals surface area (Å²) in [7, 11) is 0. The highest BCUT2D eigenvalue weighted by atomic mass is 32.1. The van der Waals surface area contributed by atoms with Gasteiger partial charge in [0, 0.05) is 22.5 Å². The van der Waals surface area contributed by atoms with Crippen molar-refractivity contribution in [3.63, 3.8) is 0 Å². The van der Waals surface area contributed by atoms with Gasteiger partial charge in [-0.05, 0) is 38.5 Å². The number of aromatic nitrogens is 1. The summed E-state index contributed by atoms with van der Waals surface area (Å²) in [6.45, 7) is 0. The van der Waals surface area contributed by atoms with Crippen LogP contribution in [0.1, 0.15) is 54.3 Å². The number of aryl methyl sites for hydroxylation is 1. The van der Waals surface area contributed by atoms with Crippen LogP contribution in [0.2, 0.25) is 0 Å². The van der Waals surface area contributed by atoms with Gasteiger partial charge in [-0.3, -0.25) is 0 Å². The van der Waals surface area contributed by atoms with Gasteiger partial charge in [0.05, 0.1) is 5.01 Å². The number of nitrogens with zero attached hydrogens (tertiary/aromatic N) is 1. The maximum atomic E-state index is 6.08. The Morgan fingerprint density at radius 2 is 2.27 bits per heavy atom. The molecule has 0 atom stereocenters. The third-order valence-electron chi connectivity index (χ3n) is 3.79. The Morgan fingerprint density at radius 3 is 2.87 bits per heavy atom. The molecule has 0 aromatic carbocycles. The lowest BCUT2D eigenvalue weighted by Crippen LogP contribution is -2.21. The van der Waals surface area contributed by atoms with Gasteiger partial charge in [-0.1, -0.05) is 6.42 Å². The molecule has 0 unspecified atom stereocenters. The van der Waals surface area contributed by atoms with Gasteiger partial charge in [-0.15, -0.1) is 11.3 Å². The first-order valence-electron chi connectivity index (χ1n) is 5.99. The van der Waals surface area contributed by atoms with Crippen molar-refractivity contribution in [3.05, 3.63) is 16.1 Å². The molecular formula is C12H18N2S. The molecule has 3 heteroatoms. The fraction of sp³-hybridized carbons (Fsp3) is 0.750. The second-order valence-corrected chi connectivity index (χ2v) is 6.30. The van der Waals surface area contributed by atoms with E-state index in [0.29, 0.717) is 0 Å². The number of nitrogens with two attached hydrogens (primary N) is 1. The monoisotopic (exact) mass is 222 g/mol. The molecule has 2 aliphatic carbocycles. The van der Waals surface area contributed by atoms with E-state index in [1.807, 2.05) is 11.3 Å². The molecule has 0 bridgehead atoms. The summed E-state index contributed by atoms with van der Waals surface area (Å²) >= 11 is 1.92. The largest absolute Gasteiger partial charge is 0.325 e. The lowest BCUT2D eigenvalue weighted by Gasteiger charge is -2.22. The van der Waals surface area contributed by atoms with Crippen molar-refractivity contribution in [2.24, 2.45) is 5.73 Å². The van der Waals surface area contributed by atoms with E-state index in [-0.39, 0.29) is 5.54 Å². The predicted octanol–water partition coefficient (Wildman–Crippen LogP) is 2.83. The standard InChI is InChI=1S/C12H18N2S/c13-12(6-7-12)5-4-10-8-14-11(15-10)9-2-1-3-9/h8-9H,1-7,13H2. The van der Waals surface area contributed by atoms with Crippen LogP contribution in [0, 0.1) is 0 Å². The molecule has 1 aromatic rings. The van der Waals surface area contributed by atoms with Crippen LogP contribution >= 0.6 is 11.3 Å². The van der Waals surface area contributed by atoms with E-state index in [9.17, 15) is 0 Å². The summed E-state index contributed by atoms with van der Waals surface area (Å²) < 4.78 is 0. The Labute approximate surface area is 94.9 Å². The van der Waals surface area contributed by atoms with Gasteiger partial charge in [0.1, 0.15) is 0 Å². The molecule has 82 valence electrons. The predicted molar refractivity (Wildman–Crippen MR) is 63.2 cm³/mol. The molecule has 15 heavy (non-hydrogen) atoms. The third-order valence-corrected chi connectivity index (χ3v) is 5.01. The van der Waals surface area contributed by atoms with E-state index in [4.69, 9.17) is 5.73 Å². The van der Waals surface area contributed by atoms with E-state index in [1.54, 1.807) is 0 Å². The van der Waals surface area contributed by atoms with Crippen molar-refractivity contribution in [3.8, 4) is 0 Å². The summed E-state index contributed by atoms with van der Waals surface area (Å²) in [5, 5.41) is 1.37. The van der Waals surface area contributed by atoms with Crippen LogP contribution in [0.4, 0.5) is 0 Å². The molecule has 0 saturated heterocycles. The van der Waals surface area contributed by atoms with Crippen LogP contribution in [0.25, 0.3) is 0 Å². The van der Waals surface area contributed by atoms with Crippen molar-refractivity contribution < 1.29 is 0 Å². The zero-order valence-corrected chi connectivity index (χ0v) is 9.85. The Hall–Kier alpha value is -0.410. The minimum Gasteiger partial charge on any atom is -0.325 e. The highest BCUT2D eigenvalue weighted by Gasteiger charge is 2.37. The lowest BCUT2D eigenvalue weighted by molar-refractivity contribution is 0.418. The van der Waals surface area contributed by atoms with Crippen molar-refractivity contribution in [1.29, 1.82) is 0 Å². The topological polar surface area (TPSA) is 38.9 Å². The highest BCUT2D eigenvalue weighted by Crippen LogP contribution is 2.40. The summed E-state index contributed by atoms with van der Waals surface area (Å²) in [6, 6.07) is 0. The highest BCUT2D eigenvalue weighted by molar-refractivity contribution is 7.11. The Balaban J connectivity index is 1.58. The fourth-order valence-corrected chi connectivity index (χ4v) is 3.15. The maximum absolute atomic E-state index is 6.08. The van der Waals surface area contributed by atoms with Gasteiger partial charge in [-0.25, -0.2) is 4.98 Å². The van der Waals surface area contributed by atoms with Crippen molar-refractivity contribution in [2.75, 3.05) is 0 Å². The van der Waals surface area contributed by atoms with Crippen LogP contribution < -0.4 is 5.73 Å². The molecular weight excluding hydrogens is 204 g/mol. The van der Waals surface area contributed by atoms with Crippen LogP contribution in [-0.4, -0.2) is 10.5 Å². The van der Waals surface area contributed by atoms with E-state index in [1.165, 1.54) is 42.0 Å². The first-order valence-corrected chi connectivity index (χ1v) is 6.80. The summed E-state index contributed by atoms with van der Waals surface area (Å²) in [5.41, 5.74) is 6.28. The van der Waals surface area contributed by atoms with Gasteiger partial charge in [0.25, 0.3) is 0 Å². The first-order chi connectivity index (χ1) is 7.25. The SMILES string of the molecule is NC1(CCc2cnc(C3CCC3)s2)CC1. The van der Waals surface area contributed by atoms with Gasteiger partial charge in [0.15, 0.2) is 0 Å². The minimum absolute atomic E-state index is 0.195. The van der Waals surface area contributed by atoms with Crippen LogP contribution in [0.3, 0.4) is 0 Å². The molecule has 2 N–H and O–H groups in total. The summed E-state index contributed by atoms with van der Waals surface area (Å²) in [4.78, 5) is 5.98. The normalized spacial score (nSPS) is 23.8. The number of hydrogen-bond acceptors (Lipinski definition) is 3. The van der Waals surface area contributed by atoms with Crippen molar-refractivity contribution in [1.82, 2.24) is 4.98 Å². The molecule has 2 nitrogen and oxygen atoms in total. The fourth-order valence-electron chi connectivity index (χ4n) is 2.06. The first kappa shape index (κ1) is 9.79. The number of hydrogen-bond donors (Lipinski definition) is 1. The van der Waals surface area contributed by atoms with E-state index in [2.05, 4.69) is 11.2 Å². The van der Waals surface area contributed by atoms with Gasteiger partial charge in [0.2, 0.25) is 0 Å². The zero-order valence-electron chi connectivity index (χ0n) is 9.04. The molecule has 2 fully saturated rings. The van der Waals surface area contributed by atoms with Crippen molar-refractivity contribution in [2.45, 2.75) is 56.4 Å². The number of thiazole rings is 1. The molecule has 0 radical (unpaired) electrons. The Bertz CT molecular complexity index is 350. The minimum atomic E-state index is 0.195. The van der Waals surface area contributed by atoms with Crippen LogP contribution in [0.15, 0.2) is 6.20 Å². The van der Waals surface area contributed by atoms with Gasteiger partial charge in [-0.2, -0.15) is 0 Å². The molecule has 0 aliphatic heterocycles. The molecule has 2 aliphatic rings. The summed E-state index contributed by atoms with van der Waals surface area (Å²) in [5.74, 6) is 0.788. The van der Waals surface area contributed by atoms with Gasteiger partial charge < -0.3 is 5.73 Å². The average molecular weight is 222 g/mol. The van der Waals surface area contributed by atoms with E-state index in [0.717, 1.165) is 18.8 Å². The van der Waals surface area contributed by atoms with Crippen molar-refractivity contribution >= 4 is 11.3 Å². The Kier molecular flexibility index (Phi) is 2.33. The third kappa shape index (κ3) is 2.08. The molecule has 0 amide bonds. The maximum Gasteiger partial charge on any atom is 0.0958 e. The molecule has 3 rings (SSSR count). The smallest absolute Gasteiger partial charge is 0.0958 e. The Morgan fingerprint density at radius 1 is 1.47 bits per heavy atom. The second kappa shape index (κ2) is 3.56. The molecule has 1 aromatic heterocycles. The van der Waals surface area contributed by atoms with E-state index < -0.39 is 0 Å². The van der Waals surface area contributed by atoms with Crippen LogP contribution in [0.5, 0.6) is 0 Å². The molecule has 1 heterocycles. The van der Waals surface area contributed by atoms with Crippen LogP contribution in [-0.2, 0) is 6.42 Å². The lowest BCUT2D eigenvalue weighted by atomic mass is 9.86. The zero-order chi connectivity index (χ0) is 10.3. The average Bonchev–Trinajstić information content (AvgIpc) is 2.71. The quantitative estimate of drug-likeness (QED) is 0.850. The number of rotatable bonds is 4. The van der Waals surface area contributed by atoms with Gasteiger partial charge >= 0.3 is 0 Å². The summed E-state index contributed by atoms with van der Waals surface area (Å²) in [6.07, 6.45) is 10.9. The van der Waals surface area contributed by atoms with E-state index >= 15 is 0 Å². The molecule has 2 saturated carbocycles. The molecule has 0 spiro atoms. The second-order valence-electron chi connectivity index (χ2n) is 5.16.